The molecule has 1 aromatic rings. The van der Waals surface area contributed by atoms with E-state index >= 15 is 0 Å². The predicted octanol–water partition coefficient (Wildman–Crippen LogP) is 3.10. The first-order chi connectivity index (χ1) is 12.0. The monoisotopic (exact) mass is 346 g/mol. The maximum atomic E-state index is 12.2. The molecule has 1 aliphatic heterocycles. The number of benzene rings is 1. The van der Waals surface area contributed by atoms with Gasteiger partial charge < -0.3 is 15.0 Å². The summed E-state index contributed by atoms with van der Waals surface area (Å²) in [5.74, 6) is 1.32. The van der Waals surface area contributed by atoms with Crippen LogP contribution in [0.4, 0.5) is 0 Å². The van der Waals surface area contributed by atoms with Crippen molar-refractivity contribution in [2.24, 2.45) is 0 Å². The fourth-order valence-corrected chi connectivity index (χ4v) is 3.35. The second-order valence-corrected chi connectivity index (χ2v) is 6.96. The van der Waals surface area contributed by atoms with Crippen molar-refractivity contribution in [1.82, 2.24) is 10.2 Å². The fourth-order valence-electron chi connectivity index (χ4n) is 3.35. The zero-order valence-corrected chi connectivity index (χ0v) is 15.6. The molecule has 0 aliphatic carbocycles. The molecule has 1 atom stereocenters. The van der Waals surface area contributed by atoms with Gasteiger partial charge in [0.1, 0.15) is 12.4 Å². The number of nitrogens with one attached hydrogen (secondary N) is 1. The Bertz CT molecular complexity index is 586. The quantitative estimate of drug-likeness (QED) is 0.772. The minimum Gasteiger partial charge on any atom is -0.491 e. The summed E-state index contributed by atoms with van der Waals surface area (Å²) in [6.07, 6.45) is 3.39. The van der Waals surface area contributed by atoms with Gasteiger partial charge in [-0.1, -0.05) is 32.0 Å². The largest absolute Gasteiger partial charge is 0.491 e. The summed E-state index contributed by atoms with van der Waals surface area (Å²) in [6.45, 7) is 7.52. The highest BCUT2D eigenvalue weighted by Crippen LogP contribution is 2.25. The van der Waals surface area contributed by atoms with Crippen LogP contribution in [-0.2, 0) is 9.59 Å². The Labute approximate surface area is 150 Å². The average Bonchev–Trinajstić information content (AvgIpc) is 2.59. The van der Waals surface area contributed by atoms with Crippen LogP contribution < -0.4 is 10.1 Å². The minimum atomic E-state index is -0.0149. The van der Waals surface area contributed by atoms with Crippen LogP contribution in [-0.4, -0.2) is 42.5 Å². The zero-order valence-electron chi connectivity index (χ0n) is 15.6. The van der Waals surface area contributed by atoms with Crippen LogP contribution in [0.25, 0.3) is 0 Å². The molecule has 5 heteroatoms. The Kier molecular flexibility index (Phi) is 7.29. The molecule has 0 unspecified atom stereocenters. The van der Waals surface area contributed by atoms with E-state index < -0.39 is 0 Å². The standard InChI is InChI=1S/C20H30N2O3/c1-15(2)18-9-4-5-10-19(18)25-13-11-21-20(24)14-17-8-6-7-12-22(17)16(3)23/h4-5,9-10,15,17H,6-8,11-14H2,1-3H3,(H,21,24)/t17-/m1/s1. The van der Waals surface area contributed by atoms with Gasteiger partial charge in [0.25, 0.3) is 0 Å². The zero-order chi connectivity index (χ0) is 18.2. The van der Waals surface area contributed by atoms with Crippen molar-refractivity contribution < 1.29 is 14.3 Å². The van der Waals surface area contributed by atoms with E-state index in [9.17, 15) is 9.59 Å². The molecule has 5 nitrogen and oxygen atoms in total. The molecule has 1 aliphatic rings. The van der Waals surface area contributed by atoms with Gasteiger partial charge in [0.15, 0.2) is 0 Å². The number of nitrogens with zero attached hydrogens (tertiary/aromatic N) is 1. The third kappa shape index (κ3) is 5.76. The first-order valence-corrected chi connectivity index (χ1v) is 9.24. The van der Waals surface area contributed by atoms with Crippen LogP contribution >= 0.6 is 0 Å². The van der Waals surface area contributed by atoms with Crippen LogP contribution in [0.5, 0.6) is 5.75 Å². The van der Waals surface area contributed by atoms with E-state index in [1.165, 1.54) is 5.56 Å². The molecule has 0 radical (unpaired) electrons. The van der Waals surface area contributed by atoms with E-state index in [1.807, 2.05) is 23.1 Å². The summed E-state index contributed by atoms with van der Waals surface area (Å²) >= 11 is 0. The molecule has 2 rings (SSSR count). The average molecular weight is 346 g/mol. The molecule has 138 valence electrons. The highest BCUT2D eigenvalue weighted by atomic mass is 16.5. The summed E-state index contributed by atoms with van der Waals surface area (Å²) in [5.41, 5.74) is 1.17. The van der Waals surface area contributed by atoms with Crippen molar-refractivity contribution in [3.05, 3.63) is 29.8 Å². The smallest absolute Gasteiger partial charge is 0.222 e. The molecule has 25 heavy (non-hydrogen) atoms. The Morgan fingerprint density at radius 1 is 1.28 bits per heavy atom. The number of hydrogen-bond acceptors (Lipinski definition) is 3. The maximum absolute atomic E-state index is 12.2. The second-order valence-electron chi connectivity index (χ2n) is 6.96. The molecule has 1 fully saturated rings. The molecule has 0 saturated carbocycles. The molecule has 2 amide bonds. The summed E-state index contributed by atoms with van der Waals surface area (Å²) in [6, 6.07) is 8.03. The lowest BCUT2D eigenvalue weighted by atomic mass is 9.99. The Morgan fingerprint density at radius 2 is 2.04 bits per heavy atom. The van der Waals surface area contributed by atoms with E-state index in [-0.39, 0.29) is 17.9 Å². The lowest BCUT2D eigenvalue weighted by molar-refractivity contribution is -0.134. The second kappa shape index (κ2) is 9.44. The molecule has 0 bridgehead atoms. The van der Waals surface area contributed by atoms with Gasteiger partial charge in [-0.05, 0) is 36.8 Å². The van der Waals surface area contributed by atoms with Crippen LogP contribution in [0, 0.1) is 0 Å². The van der Waals surface area contributed by atoms with Crippen molar-refractivity contribution in [3.8, 4) is 5.75 Å². The molecule has 1 heterocycles. The summed E-state index contributed by atoms with van der Waals surface area (Å²) in [7, 11) is 0. The first-order valence-electron chi connectivity index (χ1n) is 9.24. The van der Waals surface area contributed by atoms with Crippen molar-refractivity contribution in [2.75, 3.05) is 19.7 Å². The van der Waals surface area contributed by atoms with Gasteiger partial charge in [-0.15, -0.1) is 0 Å². The topological polar surface area (TPSA) is 58.6 Å². The van der Waals surface area contributed by atoms with Crippen LogP contribution in [0.2, 0.25) is 0 Å². The van der Waals surface area contributed by atoms with Crippen molar-refractivity contribution in [3.63, 3.8) is 0 Å². The molecular weight excluding hydrogens is 316 g/mol. The van der Waals surface area contributed by atoms with Gasteiger partial charge in [-0.25, -0.2) is 0 Å². The number of para-hydroxylation sites is 1. The third-order valence-electron chi connectivity index (χ3n) is 4.68. The number of ether oxygens (including phenoxy) is 1. The predicted molar refractivity (Wildman–Crippen MR) is 98.7 cm³/mol. The normalized spacial score (nSPS) is 17.4. The summed E-state index contributed by atoms with van der Waals surface area (Å²) < 4.78 is 5.82. The molecule has 0 spiro atoms. The lowest BCUT2D eigenvalue weighted by Crippen LogP contribution is -2.45. The van der Waals surface area contributed by atoms with E-state index in [0.29, 0.717) is 25.5 Å². The third-order valence-corrected chi connectivity index (χ3v) is 4.68. The molecule has 1 saturated heterocycles. The molecule has 0 aromatic heterocycles. The lowest BCUT2D eigenvalue weighted by Gasteiger charge is -2.34. The van der Waals surface area contributed by atoms with E-state index in [0.717, 1.165) is 31.6 Å². The van der Waals surface area contributed by atoms with Crippen LogP contribution in [0.15, 0.2) is 24.3 Å². The van der Waals surface area contributed by atoms with Gasteiger partial charge in [-0.2, -0.15) is 0 Å². The maximum Gasteiger partial charge on any atom is 0.222 e. The van der Waals surface area contributed by atoms with E-state index in [1.54, 1.807) is 6.92 Å². The van der Waals surface area contributed by atoms with Crippen molar-refractivity contribution in [1.29, 1.82) is 0 Å². The van der Waals surface area contributed by atoms with Gasteiger partial charge >= 0.3 is 0 Å². The molecular formula is C20H30N2O3. The number of carbonyl (C=O) groups excluding carboxylic acids is 2. The number of carbonyl (C=O) groups is 2. The van der Waals surface area contributed by atoms with Gasteiger partial charge in [0, 0.05) is 25.9 Å². The highest BCUT2D eigenvalue weighted by molar-refractivity contribution is 5.78. The Morgan fingerprint density at radius 3 is 2.76 bits per heavy atom. The number of hydrogen-bond donors (Lipinski definition) is 1. The number of amides is 2. The van der Waals surface area contributed by atoms with Gasteiger partial charge in [0.05, 0.1) is 6.54 Å². The summed E-state index contributed by atoms with van der Waals surface area (Å²) in [4.78, 5) is 25.7. The van der Waals surface area contributed by atoms with Crippen LogP contribution in [0.1, 0.15) is 57.9 Å². The summed E-state index contributed by atoms with van der Waals surface area (Å²) in [5, 5.41) is 2.91. The SMILES string of the molecule is CC(=O)N1CCCC[C@@H]1CC(=O)NCCOc1ccccc1C(C)C. The van der Waals surface area contributed by atoms with Crippen molar-refractivity contribution in [2.45, 2.75) is 58.4 Å². The Hall–Kier alpha value is -2.04. The molecule has 1 N–H and O–H groups in total. The molecule has 1 aromatic carbocycles. The van der Waals surface area contributed by atoms with Gasteiger partial charge in [-0.3, -0.25) is 9.59 Å². The first kappa shape index (κ1) is 19.3. The van der Waals surface area contributed by atoms with Crippen molar-refractivity contribution >= 4 is 11.8 Å². The van der Waals surface area contributed by atoms with Gasteiger partial charge in [0.2, 0.25) is 11.8 Å². The number of rotatable bonds is 7. The highest BCUT2D eigenvalue weighted by Gasteiger charge is 2.26. The number of likely N-dealkylation sites (tertiary alicyclic amines) is 1. The van der Waals surface area contributed by atoms with E-state index in [4.69, 9.17) is 4.74 Å². The Balaban J connectivity index is 1.74. The fraction of sp³-hybridized carbons (Fsp3) is 0.600. The van der Waals surface area contributed by atoms with E-state index in [2.05, 4.69) is 25.2 Å². The minimum absolute atomic E-state index is 0.0149. The number of piperidine rings is 1. The van der Waals surface area contributed by atoms with Crippen LogP contribution in [0.3, 0.4) is 0 Å².